The number of pyridine rings is 2. The largest absolute Gasteiger partial charge is 0.506 e. The van der Waals surface area contributed by atoms with Crippen molar-refractivity contribution in [2.75, 3.05) is 32.1 Å². The van der Waals surface area contributed by atoms with Crippen LogP contribution in [0.15, 0.2) is 23.1 Å². The van der Waals surface area contributed by atoms with E-state index in [4.69, 9.17) is 5.11 Å². The van der Waals surface area contributed by atoms with E-state index in [1.807, 2.05) is 12.1 Å². The number of aromatic nitrogens is 2. The maximum Gasteiger partial charge on any atom is 0.345 e. The first-order chi connectivity index (χ1) is 12.3. The van der Waals surface area contributed by atoms with Gasteiger partial charge in [-0.3, -0.25) is 4.79 Å². The van der Waals surface area contributed by atoms with E-state index in [9.17, 15) is 14.7 Å². The van der Waals surface area contributed by atoms with Crippen LogP contribution in [-0.4, -0.2) is 64.3 Å². The summed E-state index contributed by atoms with van der Waals surface area (Å²) < 4.78 is 0. The number of carbonyl (C=O) groups is 1. The molecular weight excluding hydrogens is 336 g/mol. The summed E-state index contributed by atoms with van der Waals surface area (Å²) in [7, 11) is 4.13. The number of hydrogen-bond donors (Lipinski definition) is 3. The molecule has 2 aromatic rings. The standard InChI is InChI=1S/C18H22N4O4/c1-10-15(20-17(24)14(16(10)23)18(25)26)11-4-5-13(19-8-11)22-7-6-12(9-22)21(2)3/h4-5,8,12H,6-7,9H2,1-3H3,(H,25,26)(H2,20,23,24). The van der Waals surface area contributed by atoms with Crippen molar-refractivity contribution in [2.24, 2.45) is 0 Å². The number of aromatic hydroxyl groups is 1. The normalized spacial score (nSPS) is 17.1. The van der Waals surface area contributed by atoms with E-state index in [0.717, 1.165) is 25.3 Å². The van der Waals surface area contributed by atoms with E-state index < -0.39 is 22.8 Å². The van der Waals surface area contributed by atoms with Gasteiger partial charge in [0.2, 0.25) is 0 Å². The lowest BCUT2D eigenvalue weighted by molar-refractivity contribution is 0.0691. The van der Waals surface area contributed by atoms with Crippen molar-refractivity contribution in [3.63, 3.8) is 0 Å². The van der Waals surface area contributed by atoms with Crippen molar-refractivity contribution in [1.29, 1.82) is 0 Å². The third-order valence-corrected chi connectivity index (χ3v) is 4.90. The molecule has 138 valence electrons. The second kappa shape index (κ2) is 6.80. The van der Waals surface area contributed by atoms with Crippen LogP contribution in [0.3, 0.4) is 0 Å². The molecule has 2 aromatic heterocycles. The SMILES string of the molecule is Cc1c(-c2ccc(N3CCC(N(C)C)C3)nc2)[nH]c(=O)c(C(=O)O)c1O. The molecular formula is C18H22N4O4. The summed E-state index contributed by atoms with van der Waals surface area (Å²) in [6, 6.07) is 4.17. The lowest BCUT2D eigenvalue weighted by Gasteiger charge is -2.21. The fraction of sp³-hybridized carbons (Fsp3) is 0.389. The first-order valence-corrected chi connectivity index (χ1v) is 8.36. The number of nitrogens with one attached hydrogen (secondary N) is 1. The zero-order valence-electron chi connectivity index (χ0n) is 15.0. The van der Waals surface area contributed by atoms with Crippen LogP contribution in [0.1, 0.15) is 22.3 Å². The van der Waals surface area contributed by atoms with E-state index in [-0.39, 0.29) is 0 Å². The number of nitrogens with zero attached hydrogens (tertiary/aromatic N) is 3. The molecule has 1 fully saturated rings. The number of hydrogen-bond acceptors (Lipinski definition) is 6. The van der Waals surface area contributed by atoms with Gasteiger partial charge in [-0.1, -0.05) is 0 Å². The highest BCUT2D eigenvalue weighted by atomic mass is 16.4. The highest BCUT2D eigenvalue weighted by Crippen LogP contribution is 2.29. The Kier molecular flexibility index (Phi) is 4.69. The second-order valence-corrected chi connectivity index (χ2v) is 6.74. The second-order valence-electron chi connectivity index (χ2n) is 6.74. The van der Waals surface area contributed by atoms with Gasteiger partial charge in [0.15, 0.2) is 5.56 Å². The van der Waals surface area contributed by atoms with Crippen LogP contribution in [-0.2, 0) is 0 Å². The molecule has 0 aromatic carbocycles. The van der Waals surface area contributed by atoms with Gasteiger partial charge in [-0.2, -0.15) is 0 Å². The van der Waals surface area contributed by atoms with Gasteiger partial charge in [-0.15, -0.1) is 0 Å². The third kappa shape index (κ3) is 3.15. The average molecular weight is 358 g/mol. The van der Waals surface area contributed by atoms with Crippen molar-refractivity contribution in [3.05, 3.63) is 39.8 Å². The zero-order valence-corrected chi connectivity index (χ0v) is 15.0. The average Bonchev–Trinajstić information content (AvgIpc) is 3.08. The molecule has 3 N–H and O–H groups in total. The Morgan fingerprint density at radius 2 is 2.12 bits per heavy atom. The number of rotatable bonds is 4. The fourth-order valence-electron chi connectivity index (χ4n) is 3.26. The molecule has 3 heterocycles. The van der Waals surface area contributed by atoms with E-state index >= 15 is 0 Å². The molecule has 26 heavy (non-hydrogen) atoms. The molecule has 0 saturated carbocycles. The fourth-order valence-corrected chi connectivity index (χ4v) is 3.26. The number of carboxylic acids is 1. The van der Waals surface area contributed by atoms with Gasteiger partial charge in [0.25, 0.3) is 5.56 Å². The first-order valence-electron chi connectivity index (χ1n) is 8.36. The Morgan fingerprint density at radius 3 is 2.65 bits per heavy atom. The van der Waals surface area contributed by atoms with Gasteiger partial charge < -0.3 is 25.0 Å². The molecule has 8 heteroatoms. The van der Waals surface area contributed by atoms with Crippen LogP contribution in [0.2, 0.25) is 0 Å². The van der Waals surface area contributed by atoms with Crippen LogP contribution in [0.4, 0.5) is 5.82 Å². The van der Waals surface area contributed by atoms with Crippen molar-refractivity contribution >= 4 is 11.8 Å². The van der Waals surface area contributed by atoms with Gasteiger partial charge in [-0.05, 0) is 39.6 Å². The Bertz CT molecular complexity index is 889. The van der Waals surface area contributed by atoms with E-state index in [0.29, 0.717) is 22.9 Å². The number of likely N-dealkylation sites (N-methyl/N-ethyl adjacent to an activating group) is 1. The van der Waals surface area contributed by atoms with Crippen LogP contribution in [0, 0.1) is 6.92 Å². The van der Waals surface area contributed by atoms with Crippen molar-refractivity contribution in [2.45, 2.75) is 19.4 Å². The summed E-state index contributed by atoms with van der Waals surface area (Å²) in [6.45, 7) is 3.39. The Morgan fingerprint density at radius 1 is 1.38 bits per heavy atom. The molecule has 1 aliphatic rings. The van der Waals surface area contributed by atoms with Gasteiger partial charge in [0.05, 0.1) is 5.69 Å². The lowest BCUT2D eigenvalue weighted by Crippen LogP contribution is -2.31. The van der Waals surface area contributed by atoms with Crippen LogP contribution >= 0.6 is 0 Å². The van der Waals surface area contributed by atoms with Crippen molar-refractivity contribution < 1.29 is 15.0 Å². The summed E-state index contributed by atoms with van der Waals surface area (Å²) in [4.78, 5) is 34.5. The Hall–Kier alpha value is -2.87. The topological polar surface area (TPSA) is 110 Å². The summed E-state index contributed by atoms with van der Waals surface area (Å²) in [5, 5.41) is 19.1. The lowest BCUT2D eigenvalue weighted by atomic mass is 10.1. The molecule has 0 bridgehead atoms. The number of aromatic carboxylic acids is 1. The molecule has 0 spiro atoms. The van der Waals surface area contributed by atoms with E-state index in [1.54, 1.807) is 13.1 Å². The summed E-state index contributed by atoms with van der Waals surface area (Å²) >= 11 is 0. The molecule has 1 atom stereocenters. The van der Waals surface area contributed by atoms with Gasteiger partial charge >= 0.3 is 5.97 Å². The number of H-pyrrole nitrogens is 1. The molecule has 0 amide bonds. The predicted octanol–water partition coefficient (Wildman–Crippen LogP) is 1.29. The third-order valence-electron chi connectivity index (χ3n) is 4.90. The van der Waals surface area contributed by atoms with Crippen molar-refractivity contribution in [1.82, 2.24) is 14.9 Å². The number of anilines is 1. The molecule has 8 nitrogen and oxygen atoms in total. The Balaban J connectivity index is 1.90. The van der Waals surface area contributed by atoms with Crippen molar-refractivity contribution in [3.8, 4) is 17.0 Å². The zero-order chi connectivity index (χ0) is 19.0. The molecule has 1 aliphatic heterocycles. The van der Waals surface area contributed by atoms with Crippen LogP contribution < -0.4 is 10.5 Å². The molecule has 0 aliphatic carbocycles. The molecule has 1 unspecified atom stereocenters. The van der Waals surface area contributed by atoms with Gasteiger partial charge in [-0.25, -0.2) is 9.78 Å². The Labute approximate surface area is 150 Å². The monoisotopic (exact) mass is 358 g/mol. The summed E-state index contributed by atoms with van der Waals surface area (Å²) in [5.41, 5.74) is -0.218. The summed E-state index contributed by atoms with van der Waals surface area (Å²) in [6.07, 6.45) is 2.70. The highest BCUT2D eigenvalue weighted by Gasteiger charge is 2.25. The van der Waals surface area contributed by atoms with Crippen LogP contribution in [0.25, 0.3) is 11.3 Å². The van der Waals surface area contributed by atoms with E-state index in [2.05, 4.69) is 33.9 Å². The predicted molar refractivity (Wildman–Crippen MR) is 98.0 cm³/mol. The first kappa shape index (κ1) is 17.9. The van der Waals surface area contributed by atoms with Gasteiger partial charge in [0.1, 0.15) is 11.6 Å². The van der Waals surface area contributed by atoms with Gasteiger partial charge in [0, 0.05) is 36.5 Å². The highest BCUT2D eigenvalue weighted by molar-refractivity contribution is 5.91. The molecule has 0 radical (unpaired) electrons. The minimum absolute atomic E-state index is 0.297. The molecule has 1 saturated heterocycles. The molecule has 3 rings (SSSR count). The minimum atomic E-state index is -1.46. The summed E-state index contributed by atoms with van der Waals surface area (Å²) in [5.74, 6) is -1.13. The smallest absolute Gasteiger partial charge is 0.345 e. The van der Waals surface area contributed by atoms with Crippen LogP contribution in [0.5, 0.6) is 5.75 Å². The number of carboxylic acid groups (broad SMARTS) is 1. The maximum absolute atomic E-state index is 12.0. The minimum Gasteiger partial charge on any atom is -0.506 e. The maximum atomic E-state index is 12.0. The van der Waals surface area contributed by atoms with E-state index in [1.165, 1.54) is 0 Å². The quantitative estimate of drug-likeness (QED) is 0.755. The number of aromatic amines is 1.